The van der Waals surface area contributed by atoms with Crippen LogP contribution in [0.4, 0.5) is 4.39 Å². The van der Waals surface area contributed by atoms with E-state index in [-0.39, 0.29) is 29.3 Å². The van der Waals surface area contributed by atoms with Gasteiger partial charge in [-0.05, 0) is 61.9 Å². The number of sulfone groups is 1. The van der Waals surface area contributed by atoms with Gasteiger partial charge in [-0.15, -0.1) is 0 Å². The molecule has 0 saturated heterocycles. The molecule has 25 heavy (non-hydrogen) atoms. The summed E-state index contributed by atoms with van der Waals surface area (Å²) >= 11 is 0. The molecule has 0 radical (unpaired) electrons. The van der Waals surface area contributed by atoms with E-state index in [1.807, 2.05) is 18.2 Å². The maximum Gasteiger partial charge on any atom is 0.152 e. The molecule has 2 aromatic rings. The van der Waals surface area contributed by atoms with Gasteiger partial charge in [0, 0.05) is 5.56 Å². The molecule has 0 saturated carbocycles. The van der Waals surface area contributed by atoms with Crippen LogP contribution in [0.5, 0.6) is 5.75 Å². The third kappa shape index (κ3) is 4.21. The fourth-order valence-corrected chi connectivity index (χ4v) is 4.47. The zero-order valence-corrected chi connectivity index (χ0v) is 15.4. The normalized spacial score (nSPS) is 16.9. The lowest BCUT2D eigenvalue weighted by Crippen LogP contribution is -2.23. The van der Waals surface area contributed by atoms with Crippen LogP contribution in [-0.4, -0.2) is 19.4 Å². The van der Waals surface area contributed by atoms with Crippen LogP contribution in [0.2, 0.25) is 0 Å². The second-order valence-corrected chi connectivity index (χ2v) is 9.57. The number of hydrogen-bond donors (Lipinski definition) is 0. The van der Waals surface area contributed by atoms with Crippen molar-refractivity contribution in [2.75, 3.05) is 5.75 Å². The lowest BCUT2D eigenvalue weighted by molar-refractivity contribution is 0.299. The van der Waals surface area contributed by atoms with Gasteiger partial charge in [-0.1, -0.05) is 24.3 Å². The van der Waals surface area contributed by atoms with Gasteiger partial charge >= 0.3 is 0 Å². The largest absolute Gasteiger partial charge is 0.489 e. The van der Waals surface area contributed by atoms with E-state index in [0.29, 0.717) is 11.3 Å². The molecule has 0 N–H and O–H groups in total. The van der Waals surface area contributed by atoms with Crippen molar-refractivity contribution in [3.63, 3.8) is 0 Å². The van der Waals surface area contributed by atoms with Gasteiger partial charge in [0.05, 0.1) is 11.0 Å². The second kappa shape index (κ2) is 7.16. The summed E-state index contributed by atoms with van der Waals surface area (Å²) < 4.78 is 43.6. The predicted octanol–water partition coefficient (Wildman–Crippen LogP) is 3.94. The molecule has 0 aliphatic heterocycles. The van der Waals surface area contributed by atoms with E-state index in [1.54, 1.807) is 32.0 Å². The molecule has 5 heteroatoms. The molecule has 0 fully saturated rings. The van der Waals surface area contributed by atoms with E-state index in [0.717, 1.165) is 18.4 Å². The Morgan fingerprint density at radius 3 is 2.56 bits per heavy atom. The van der Waals surface area contributed by atoms with Gasteiger partial charge < -0.3 is 4.74 Å². The first-order valence-corrected chi connectivity index (χ1v) is 10.3. The van der Waals surface area contributed by atoms with Crippen LogP contribution in [-0.2, 0) is 29.3 Å². The highest BCUT2D eigenvalue weighted by Gasteiger charge is 2.28. The van der Waals surface area contributed by atoms with Crippen LogP contribution in [0.1, 0.15) is 30.5 Å². The number of hydrogen-bond acceptors (Lipinski definition) is 3. The maximum atomic E-state index is 13.6. The molecular formula is C20H23FO3S. The molecule has 0 amide bonds. The van der Waals surface area contributed by atoms with Gasteiger partial charge in [0.1, 0.15) is 18.2 Å². The van der Waals surface area contributed by atoms with E-state index in [2.05, 4.69) is 0 Å². The lowest BCUT2D eigenvalue weighted by Gasteiger charge is -2.12. The van der Waals surface area contributed by atoms with Gasteiger partial charge in [-0.25, -0.2) is 12.8 Å². The first-order valence-electron chi connectivity index (χ1n) is 8.54. The monoisotopic (exact) mass is 362 g/mol. The summed E-state index contributed by atoms with van der Waals surface area (Å²) in [6, 6.07) is 12.4. The van der Waals surface area contributed by atoms with E-state index >= 15 is 0 Å². The SMILES string of the molecule is CC(C)S(=O)(=O)C[C@H]1Cc2ccc(OCc3ccccc3F)cc2C1. The summed E-state index contributed by atoms with van der Waals surface area (Å²) in [5, 5.41) is -0.337. The van der Waals surface area contributed by atoms with Crippen LogP contribution >= 0.6 is 0 Å². The molecule has 3 rings (SSSR count). The van der Waals surface area contributed by atoms with Gasteiger partial charge in [0.15, 0.2) is 9.84 Å². The molecule has 0 heterocycles. The summed E-state index contributed by atoms with van der Waals surface area (Å²) in [4.78, 5) is 0. The summed E-state index contributed by atoms with van der Waals surface area (Å²) in [6.07, 6.45) is 1.53. The highest BCUT2D eigenvalue weighted by molar-refractivity contribution is 7.91. The Morgan fingerprint density at radius 1 is 1.12 bits per heavy atom. The number of benzene rings is 2. The first-order chi connectivity index (χ1) is 11.8. The van der Waals surface area contributed by atoms with Crippen molar-refractivity contribution < 1.29 is 17.5 Å². The molecule has 2 aromatic carbocycles. The first kappa shape index (κ1) is 17.9. The van der Waals surface area contributed by atoms with E-state index in [1.165, 1.54) is 11.6 Å². The van der Waals surface area contributed by atoms with Gasteiger partial charge in [-0.3, -0.25) is 0 Å². The number of ether oxygens (including phenoxy) is 1. The third-order valence-corrected chi connectivity index (χ3v) is 7.11. The Hall–Kier alpha value is -1.88. The Kier molecular flexibility index (Phi) is 5.13. The average Bonchev–Trinajstić information content (AvgIpc) is 2.94. The fourth-order valence-electron chi connectivity index (χ4n) is 3.19. The molecule has 0 spiro atoms. The predicted molar refractivity (Wildman–Crippen MR) is 97.0 cm³/mol. The van der Waals surface area contributed by atoms with Crippen LogP contribution in [0.15, 0.2) is 42.5 Å². The molecule has 134 valence electrons. The molecule has 0 aromatic heterocycles. The minimum Gasteiger partial charge on any atom is -0.489 e. The standard InChI is InChI=1S/C20H23FO3S/c1-14(2)25(22,23)13-15-9-16-7-8-19(11-18(16)10-15)24-12-17-5-3-4-6-20(17)21/h3-8,11,14-15H,9-10,12-13H2,1-2H3/t15-/m0/s1. The fraction of sp³-hybridized carbons (Fsp3) is 0.400. The van der Waals surface area contributed by atoms with E-state index in [4.69, 9.17) is 4.74 Å². The van der Waals surface area contributed by atoms with Crippen molar-refractivity contribution in [1.82, 2.24) is 0 Å². The van der Waals surface area contributed by atoms with Crippen LogP contribution in [0.3, 0.4) is 0 Å². The van der Waals surface area contributed by atoms with Crippen molar-refractivity contribution in [3.8, 4) is 5.75 Å². The lowest BCUT2D eigenvalue weighted by atomic mass is 10.1. The quantitative estimate of drug-likeness (QED) is 0.782. The summed E-state index contributed by atoms with van der Waals surface area (Å²) in [5.41, 5.74) is 2.83. The molecule has 1 aliphatic rings. The smallest absolute Gasteiger partial charge is 0.152 e. The molecule has 0 unspecified atom stereocenters. The Labute approximate surface area is 148 Å². The number of fused-ring (bicyclic) bond motifs is 1. The number of halogens is 1. The Balaban J connectivity index is 1.65. The molecule has 3 nitrogen and oxygen atoms in total. The Morgan fingerprint density at radius 2 is 1.84 bits per heavy atom. The van der Waals surface area contributed by atoms with Crippen molar-refractivity contribution >= 4 is 9.84 Å². The zero-order chi connectivity index (χ0) is 18.0. The van der Waals surface area contributed by atoms with Crippen LogP contribution in [0.25, 0.3) is 0 Å². The third-order valence-electron chi connectivity index (χ3n) is 4.73. The van der Waals surface area contributed by atoms with Crippen LogP contribution < -0.4 is 4.74 Å². The minimum atomic E-state index is -3.03. The van der Waals surface area contributed by atoms with Crippen molar-refractivity contribution in [2.45, 2.75) is 38.5 Å². The van der Waals surface area contributed by atoms with E-state index in [9.17, 15) is 12.8 Å². The van der Waals surface area contributed by atoms with Gasteiger partial charge in [0.25, 0.3) is 0 Å². The zero-order valence-electron chi connectivity index (χ0n) is 14.5. The van der Waals surface area contributed by atoms with Crippen LogP contribution in [0, 0.1) is 11.7 Å². The van der Waals surface area contributed by atoms with Gasteiger partial charge in [-0.2, -0.15) is 0 Å². The van der Waals surface area contributed by atoms with Gasteiger partial charge in [0.2, 0.25) is 0 Å². The molecule has 1 aliphatic carbocycles. The molecule has 0 bridgehead atoms. The second-order valence-electron chi connectivity index (χ2n) is 6.96. The maximum absolute atomic E-state index is 13.6. The summed E-state index contributed by atoms with van der Waals surface area (Å²) in [6.45, 7) is 3.63. The summed E-state index contributed by atoms with van der Waals surface area (Å²) in [5.74, 6) is 0.770. The average molecular weight is 362 g/mol. The molecular weight excluding hydrogens is 339 g/mol. The topological polar surface area (TPSA) is 43.4 Å². The van der Waals surface area contributed by atoms with Crippen molar-refractivity contribution in [2.24, 2.45) is 5.92 Å². The Bertz CT molecular complexity index is 859. The minimum absolute atomic E-state index is 0.129. The van der Waals surface area contributed by atoms with E-state index < -0.39 is 9.84 Å². The van der Waals surface area contributed by atoms with Crippen molar-refractivity contribution in [3.05, 3.63) is 65.0 Å². The summed E-state index contributed by atoms with van der Waals surface area (Å²) in [7, 11) is -3.03. The molecule has 1 atom stereocenters. The van der Waals surface area contributed by atoms with Crippen molar-refractivity contribution in [1.29, 1.82) is 0 Å². The highest BCUT2D eigenvalue weighted by atomic mass is 32.2. The number of rotatable bonds is 6. The highest BCUT2D eigenvalue weighted by Crippen LogP contribution is 2.31.